The van der Waals surface area contributed by atoms with Crippen molar-refractivity contribution in [3.63, 3.8) is 0 Å². The summed E-state index contributed by atoms with van der Waals surface area (Å²) in [6, 6.07) is 5.88. The van der Waals surface area contributed by atoms with E-state index in [1.54, 1.807) is 13.2 Å². The number of aromatic nitrogens is 1. The molecule has 15 heavy (non-hydrogen) atoms. The highest BCUT2D eigenvalue weighted by molar-refractivity contribution is 5.39. The molecule has 0 amide bonds. The van der Waals surface area contributed by atoms with E-state index in [0.29, 0.717) is 12.3 Å². The lowest BCUT2D eigenvalue weighted by atomic mass is 10.3. The highest BCUT2D eigenvalue weighted by atomic mass is 16.5. The molecular weight excluding hydrogens is 192 g/mol. The monoisotopic (exact) mass is 210 g/mol. The lowest BCUT2D eigenvalue weighted by Gasteiger charge is -2.25. The Hall–Kier alpha value is -1.13. The van der Waals surface area contributed by atoms with E-state index in [1.807, 2.05) is 24.1 Å². The van der Waals surface area contributed by atoms with Gasteiger partial charge < -0.3 is 14.7 Å². The molecule has 1 aromatic heterocycles. The van der Waals surface area contributed by atoms with Gasteiger partial charge in [0.05, 0.1) is 24.9 Å². The zero-order chi connectivity index (χ0) is 11.3. The molecule has 0 fully saturated rings. The van der Waals surface area contributed by atoms with Crippen LogP contribution in [0.5, 0.6) is 0 Å². The minimum Gasteiger partial charge on any atom is -0.390 e. The van der Waals surface area contributed by atoms with Gasteiger partial charge in [-0.3, -0.25) is 0 Å². The number of likely N-dealkylation sites (N-methyl/N-ethyl adjacent to an activating group) is 1. The maximum absolute atomic E-state index is 8.98. The number of aliphatic hydroxyl groups is 1. The van der Waals surface area contributed by atoms with Crippen LogP contribution in [-0.4, -0.2) is 36.9 Å². The Kier molecular flexibility index (Phi) is 4.52. The Bertz CT molecular complexity index is 304. The predicted molar refractivity (Wildman–Crippen MR) is 59.9 cm³/mol. The molecule has 1 rings (SSSR count). The van der Waals surface area contributed by atoms with E-state index in [1.165, 1.54) is 0 Å². The molecule has 0 saturated heterocycles. The fourth-order valence-electron chi connectivity index (χ4n) is 1.33. The minimum atomic E-state index is -0.0274. The number of aliphatic hydroxyl groups excluding tert-OH is 1. The van der Waals surface area contributed by atoms with E-state index in [-0.39, 0.29) is 12.6 Å². The molecule has 84 valence electrons. The van der Waals surface area contributed by atoms with Crippen LogP contribution in [-0.2, 0) is 11.3 Å². The number of hydrogen-bond acceptors (Lipinski definition) is 4. The van der Waals surface area contributed by atoms with Gasteiger partial charge in [-0.15, -0.1) is 0 Å². The smallest absolute Gasteiger partial charge is 0.128 e. The molecule has 0 aliphatic carbocycles. The van der Waals surface area contributed by atoms with Crippen molar-refractivity contribution in [1.29, 1.82) is 0 Å². The van der Waals surface area contributed by atoms with Gasteiger partial charge in [0.2, 0.25) is 0 Å². The number of rotatable bonds is 5. The summed E-state index contributed by atoms with van der Waals surface area (Å²) in [6.07, 6.45) is 0. The summed E-state index contributed by atoms with van der Waals surface area (Å²) >= 11 is 0. The van der Waals surface area contributed by atoms with Crippen molar-refractivity contribution < 1.29 is 9.84 Å². The topological polar surface area (TPSA) is 45.6 Å². The van der Waals surface area contributed by atoms with Gasteiger partial charge in [-0.1, -0.05) is 6.07 Å². The van der Waals surface area contributed by atoms with Crippen molar-refractivity contribution in [3.8, 4) is 0 Å². The number of nitrogens with zero attached hydrogens (tertiary/aromatic N) is 2. The summed E-state index contributed by atoms with van der Waals surface area (Å²) in [5.74, 6) is 0.853. The summed E-state index contributed by atoms with van der Waals surface area (Å²) in [6.45, 7) is 2.69. The molecule has 0 aromatic carbocycles. The highest BCUT2D eigenvalue weighted by Crippen LogP contribution is 2.12. The quantitative estimate of drug-likeness (QED) is 0.789. The van der Waals surface area contributed by atoms with Crippen LogP contribution in [0, 0.1) is 0 Å². The van der Waals surface area contributed by atoms with Gasteiger partial charge in [0, 0.05) is 14.2 Å². The van der Waals surface area contributed by atoms with Gasteiger partial charge in [0.15, 0.2) is 0 Å². The zero-order valence-electron chi connectivity index (χ0n) is 9.47. The number of hydrogen-bond donors (Lipinski definition) is 1. The molecule has 4 nitrogen and oxygen atoms in total. The van der Waals surface area contributed by atoms with Crippen molar-refractivity contribution >= 4 is 5.82 Å². The molecule has 1 heterocycles. The molecular formula is C11H18N2O2. The zero-order valence-corrected chi connectivity index (χ0v) is 9.47. The fourth-order valence-corrected chi connectivity index (χ4v) is 1.33. The second-order valence-corrected chi connectivity index (χ2v) is 3.56. The Morgan fingerprint density at radius 1 is 1.53 bits per heavy atom. The Balaban J connectivity index is 2.76. The summed E-state index contributed by atoms with van der Waals surface area (Å²) in [7, 11) is 3.65. The molecule has 0 spiro atoms. The largest absolute Gasteiger partial charge is 0.390 e. The molecule has 0 saturated carbocycles. The standard InChI is InChI=1S/C11H18N2O2/c1-9(8-15-3)13(2)11-6-4-5-10(7-14)12-11/h4-6,9,14H,7-8H2,1-3H3. The van der Waals surface area contributed by atoms with Crippen LogP contribution in [0.3, 0.4) is 0 Å². The first-order chi connectivity index (χ1) is 7.19. The van der Waals surface area contributed by atoms with Crippen molar-refractivity contribution in [2.75, 3.05) is 25.7 Å². The molecule has 0 aliphatic heterocycles. The van der Waals surface area contributed by atoms with Crippen molar-refractivity contribution in [1.82, 2.24) is 4.98 Å². The third-order valence-corrected chi connectivity index (χ3v) is 2.38. The Labute approximate surface area is 90.5 Å². The SMILES string of the molecule is COCC(C)N(C)c1cccc(CO)n1. The molecule has 1 aromatic rings. The molecule has 0 aliphatic rings. The number of pyridine rings is 1. The average Bonchev–Trinajstić information content (AvgIpc) is 2.28. The molecule has 4 heteroatoms. The first kappa shape index (κ1) is 11.9. The molecule has 1 atom stereocenters. The number of ether oxygens (including phenoxy) is 1. The van der Waals surface area contributed by atoms with Crippen LogP contribution in [0.25, 0.3) is 0 Å². The summed E-state index contributed by atoms with van der Waals surface area (Å²) < 4.78 is 5.08. The number of methoxy groups -OCH3 is 1. The van der Waals surface area contributed by atoms with Gasteiger partial charge in [0.25, 0.3) is 0 Å². The van der Waals surface area contributed by atoms with Crippen molar-refractivity contribution in [2.45, 2.75) is 19.6 Å². The Morgan fingerprint density at radius 2 is 2.27 bits per heavy atom. The van der Waals surface area contributed by atoms with E-state index < -0.39 is 0 Å². The third-order valence-electron chi connectivity index (χ3n) is 2.38. The maximum atomic E-state index is 8.98. The minimum absolute atomic E-state index is 0.0274. The lowest BCUT2D eigenvalue weighted by Crippen LogP contribution is -2.33. The summed E-state index contributed by atoms with van der Waals surface area (Å²) in [5.41, 5.74) is 0.684. The van der Waals surface area contributed by atoms with Gasteiger partial charge in [-0.25, -0.2) is 4.98 Å². The average molecular weight is 210 g/mol. The summed E-state index contributed by atoms with van der Waals surface area (Å²) in [4.78, 5) is 6.35. The molecule has 0 bridgehead atoms. The van der Waals surface area contributed by atoms with Crippen LogP contribution in [0.15, 0.2) is 18.2 Å². The van der Waals surface area contributed by atoms with E-state index in [9.17, 15) is 0 Å². The molecule has 1 unspecified atom stereocenters. The van der Waals surface area contributed by atoms with Crippen LogP contribution in [0.4, 0.5) is 5.82 Å². The van der Waals surface area contributed by atoms with Crippen LogP contribution >= 0.6 is 0 Å². The van der Waals surface area contributed by atoms with Crippen molar-refractivity contribution in [2.24, 2.45) is 0 Å². The van der Waals surface area contributed by atoms with Crippen molar-refractivity contribution in [3.05, 3.63) is 23.9 Å². The lowest BCUT2D eigenvalue weighted by molar-refractivity contribution is 0.183. The first-order valence-electron chi connectivity index (χ1n) is 4.97. The first-order valence-corrected chi connectivity index (χ1v) is 4.97. The van der Waals surface area contributed by atoms with Crippen LogP contribution in [0.1, 0.15) is 12.6 Å². The summed E-state index contributed by atoms with van der Waals surface area (Å²) in [5, 5.41) is 8.98. The number of anilines is 1. The maximum Gasteiger partial charge on any atom is 0.128 e. The third kappa shape index (κ3) is 3.18. The van der Waals surface area contributed by atoms with Gasteiger partial charge in [-0.05, 0) is 19.1 Å². The molecule has 1 N–H and O–H groups in total. The second-order valence-electron chi connectivity index (χ2n) is 3.56. The van der Waals surface area contributed by atoms with Gasteiger partial charge in [-0.2, -0.15) is 0 Å². The van der Waals surface area contributed by atoms with E-state index >= 15 is 0 Å². The predicted octanol–water partition coefficient (Wildman–Crippen LogP) is 1.05. The van der Waals surface area contributed by atoms with E-state index in [0.717, 1.165) is 5.82 Å². The van der Waals surface area contributed by atoms with Crippen LogP contribution < -0.4 is 4.90 Å². The second kappa shape index (κ2) is 5.68. The van der Waals surface area contributed by atoms with Gasteiger partial charge in [0.1, 0.15) is 5.82 Å². The van der Waals surface area contributed by atoms with Gasteiger partial charge >= 0.3 is 0 Å². The Morgan fingerprint density at radius 3 is 2.87 bits per heavy atom. The van der Waals surface area contributed by atoms with E-state index in [2.05, 4.69) is 11.9 Å². The normalized spacial score (nSPS) is 12.5. The highest BCUT2D eigenvalue weighted by Gasteiger charge is 2.10. The van der Waals surface area contributed by atoms with E-state index in [4.69, 9.17) is 9.84 Å². The fraction of sp³-hybridized carbons (Fsp3) is 0.545. The molecule has 0 radical (unpaired) electrons. The van der Waals surface area contributed by atoms with Crippen LogP contribution in [0.2, 0.25) is 0 Å².